The molecule has 0 aliphatic carbocycles. The van der Waals surface area contributed by atoms with Gasteiger partial charge < -0.3 is 10.5 Å². The molecular weight excluding hydrogens is 356 g/mol. The van der Waals surface area contributed by atoms with Crippen LogP contribution in [-0.2, 0) is 10.0 Å². The van der Waals surface area contributed by atoms with E-state index in [4.69, 9.17) is 10.5 Å². The summed E-state index contributed by atoms with van der Waals surface area (Å²) in [6, 6.07) is 9.51. The molecule has 0 aliphatic rings. The van der Waals surface area contributed by atoms with Gasteiger partial charge in [0, 0.05) is 10.2 Å². The number of aryl methyl sites for hydroxylation is 1. The molecule has 0 bridgehead atoms. The van der Waals surface area contributed by atoms with Crippen molar-refractivity contribution >= 4 is 37.3 Å². The number of anilines is 2. The first kappa shape index (κ1) is 15.7. The summed E-state index contributed by atoms with van der Waals surface area (Å²) >= 11 is 3.35. The number of benzene rings is 2. The monoisotopic (exact) mass is 370 g/mol. The molecule has 5 nitrogen and oxygen atoms in total. The fraction of sp³-hybridized carbons (Fsp3) is 0.143. The number of sulfonamides is 1. The molecule has 0 saturated heterocycles. The molecule has 0 heterocycles. The summed E-state index contributed by atoms with van der Waals surface area (Å²) in [6.45, 7) is 1.80. The molecule has 0 saturated carbocycles. The van der Waals surface area contributed by atoms with Gasteiger partial charge in [-0.15, -0.1) is 0 Å². The minimum absolute atomic E-state index is 0.140. The van der Waals surface area contributed by atoms with E-state index in [1.807, 2.05) is 6.07 Å². The molecule has 0 spiro atoms. The average molecular weight is 371 g/mol. The standard InChI is InChI=1S/C14H15BrN2O3S/c1-9-7-10(15)8-13(20-2)14(9)17-21(18,19)12-5-3-11(16)4-6-12/h3-8,17H,16H2,1-2H3. The van der Waals surface area contributed by atoms with Crippen LogP contribution >= 0.6 is 15.9 Å². The molecule has 0 unspecified atom stereocenters. The van der Waals surface area contributed by atoms with E-state index < -0.39 is 10.0 Å². The number of hydrogen-bond acceptors (Lipinski definition) is 4. The second-order valence-electron chi connectivity index (χ2n) is 4.47. The van der Waals surface area contributed by atoms with Gasteiger partial charge >= 0.3 is 0 Å². The van der Waals surface area contributed by atoms with E-state index in [0.717, 1.165) is 10.0 Å². The molecule has 0 fully saturated rings. The van der Waals surface area contributed by atoms with Gasteiger partial charge in [0.05, 0.1) is 17.7 Å². The second-order valence-corrected chi connectivity index (χ2v) is 7.07. The molecule has 0 amide bonds. The summed E-state index contributed by atoms with van der Waals surface area (Å²) in [4.78, 5) is 0.140. The highest BCUT2D eigenvalue weighted by molar-refractivity contribution is 9.10. The first-order valence-corrected chi connectivity index (χ1v) is 8.33. The smallest absolute Gasteiger partial charge is 0.262 e. The van der Waals surface area contributed by atoms with Crippen molar-refractivity contribution in [3.63, 3.8) is 0 Å². The quantitative estimate of drug-likeness (QED) is 0.809. The van der Waals surface area contributed by atoms with Crippen molar-refractivity contribution in [2.75, 3.05) is 17.6 Å². The van der Waals surface area contributed by atoms with E-state index >= 15 is 0 Å². The molecule has 0 atom stereocenters. The molecule has 112 valence electrons. The van der Waals surface area contributed by atoms with Crippen LogP contribution in [0.4, 0.5) is 11.4 Å². The van der Waals surface area contributed by atoms with Crippen LogP contribution in [-0.4, -0.2) is 15.5 Å². The summed E-state index contributed by atoms with van der Waals surface area (Å²) in [6.07, 6.45) is 0. The third-order valence-corrected chi connectivity index (χ3v) is 4.73. The van der Waals surface area contributed by atoms with Crippen molar-refractivity contribution in [1.29, 1.82) is 0 Å². The molecular formula is C14H15BrN2O3S. The maximum atomic E-state index is 12.4. The molecule has 3 N–H and O–H groups in total. The van der Waals surface area contributed by atoms with E-state index in [1.54, 1.807) is 25.1 Å². The highest BCUT2D eigenvalue weighted by Gasteiger charge is 2.18. The average Bonchev–Trinajstić information content (AvgIpc) is 2.42. The number of halogens is 1. The van der Waals surface area contributed by atoms with E-state index in [9.17, 15) is 8.42 Å². The maximum Gasteiger partial charge on any atom is 0.262 e. The number of nitrogens with one attached hydrogen (secondary N) is 1. The van der Waals surface area contributed by atoms with Crippen molar-refractivity contribution in [2.45, 2.75) is 11.8 Å². The highest BCUT2D eigenvalue weighted by atomic mass is 79.9. The predicted molar refractivity (Wildman–Crippen MR) is 87.1 cm³/mol. The molecule has 7 heteroatoms. The molecule has 0 radical (unpaired) electrons. The lowest BCUT2D eigenvalue weighted by Crippen LogP contribution is -2.14. The Morgan fingerprint density at radius 3 is 2.38 bits per heavy atom. The lowest BCUT2D eigenvalue weighted by atomic mass is 10.2. The van der Waals surface area contributed by atoms with Crippen LogP contribution in [0.3, 0.4) is 0 Å². The van der Waals surface area contributed by atoms with Gasteiger partial charge in [-0.25, -0.2) is 8.42 Å². The Morgan fingerprint density at radius 1 is 1.19 bits per heavy atom. The van der Waals surface area contributed by atoms with Crippen LogP contribution in [0.1, 0.15) is 5.56 Å². The zero-order valence-electron chi connectivity index (χ0n) is 11.6. The lowest BCUT2D eigenvalue weighted by molar-refractivity contribution is 0.416. The Balaban J connectivity index is 2.44. The van der Waals surface area contributed by atoms with Crippen molar-refractivity contribution in [3.05, 3.63) is 46.4 Å². The first-order chi connectivity index (χ1) is 9.83. The third kappa shape index (κ3) is 3.48. The Morgan fingerprint density at radius 2 is 1.81 bits per heavy atom. The fourth-order valence-corrected chi connectivity index (χ4v) is 3.54. The van der Waals surface area contributed by atoms with Gasteiger partial charge in [0.25, 0.3) is 10.0 Å². The number of hydrogen-bond donors (Lipinski definition) is 2. The van der Waals surface area contributed by atoms with Gasteiger partial charge in [0.15, 0.2) is 0 Å². The Kier molecular flexibility index (Phi) is 4.43. The fourth-order valence-electron chi connectivity index (χ4n) is 1.84. The number of rotatable bonds is 4. The molecule has 21 heavy (non-hydrogen) atoms. The molecule has 0 aliphatic heterocycles. The summed E-state index contributed by atoms with van der Waals surface area (Å²) in [5.41, 5.74) is 7.24. The van der Waals surface area contributed by atoms with Crippen LogP contribution in [0.15, 0.2) is 45.8 Å². The summed E-state index contributed by atoms with van der Waals surface area (Å²) in [5, 5.41) is 0. The minimum Gasteiger partial charge on any atom is -0.495 e. The first-order valence-electron chi connectivity index (χ1n) is 6.06. The van der Waals surface area contributed by atoms with E-state index in [1.165, 1.54) is 19.2 Å². The van der Waals surface area contributed by atoms with Gasteiger partial charge in [-0.2, -0.15) is 0 Å². The number of methoxy groups -OCH3 is 1. The van der Waals surface area contributed by atoms with Crippen molar-refractivity contribution in [2.24, 2.45) is 0 Å². The minimum atomic E-state index is -3.70. The normalized spacial score (nSPS) is 11.2. The SMILES string of the molecule is COc1cc(Br)cc(C)c1NS(=O)(=O)c1ccc(N)cc1. The van der Waals surface area contributed by atoms with Crippen LogP contribution in [0, 0.1) is 6.92 Å². The topological polar surface area (TPSA) is 81.4 Å². The number of nitrogens with two attached hydrogens (primary N) is 1. The molecule has 2 rings (SSSR count). The van der Waals surface area contributed by atoms with E-state index in [-0.39, 0.29) is 4.90 Å². The van der Waals surface area contributed by atoms with Gasteiger partial charge in [-0.3, -0.25) is 4.72 Å². The Bertz CT molecular complexity index is 759. The van der Waals surface area contributed by atoms with E-state index in [2.05, 4.69) is 20.7 Å². The Hall–Kier alpha value is -1.73. The molecule has 2 aromatic carbocycles. The largest absolute Gasteiger partial charge is 0.495 e. The van der Waals surface area contributed by atoms with Crippen LogP contribution < -0.4 is 15.2 Å². The van der Waals surface area contributed by atoms with Crippen molar-refractivity contribution < 1.29 is 13.2 Å². The van der Waals surface area contributed by atoms with Gasteiger partial charge in [-0.05, 0) is 48.9 Å². The van der Waals surface area contributed by atoms with Crippen molar-refractivity contribution in [1.82, 2.24) is 0 Å². The lowest BCUT2D eigenvalue weighted by Gasteiger charge is -2.15. The second kappa shape index (κ2) is 5.95. The van der Waals surface area contributed by atoms with Crippen LogP contribution in [0.2, 0.25) is 0 Å². The van der Waals surface area contributed by atoms with Gasteiger partial charge in [0.2, 0.25) is 0 Å². The van der Waals surface area contributed by atoms with E-state index in [0.29, 0.717) is 17.1 Å². The van der Waals surface area contributed by atoms with Crippen LogP contribution in [0.5, 0.6) is 5.75 Å². The zero-order chi connectivity index (χ0) is 15.6. The maximum absolute atomic E-state index is 12.4. The molecule has 2 aromatic rings. The predicted octanol–water partition coefficient (Wildman–Crippen LogP) is 3.15. The van der Waals surface area contributed by atoms with Crippen LogP contribution in [0.25, 0.3) is 0 Å². The van der Waals surface area contributed by atoms with Crippen molar-refractivity contribution in [3.8, 4) is 5.75 Å². The zero-order valence-corrected chi connectivity index (χ0v) is 14.0. The number of nitrogen functional groups attached to an aromatic ring is 1. The van der Waals surface area contributed by atoms with Gasteiger partial charge in [-0.1, -0.05) is 15.9 Å². The third-order valence-electron chi connectivity index (χ3n) is 2.91. The number of ether oxygens (including phenoxy) is 1. The summed E-state index contributed by atoms with van der Waals surface area (Å²) < 4.78 is 33.4. The molecule has 0 aromatic heterocycles. The van der Waals surface area contributed by atoms with Gasteiger partial charge in [0.1, 0.15) is 5.75 Å². The Labute approximate surface area is 132 Å². The summed E-state index contributed by atoms with van der Waals surface area (Å²) in [5.74, 6) is 0.445. The summed E-state index contributed by atoms with van der Waals surface area (Å²) in [7, 11) is -2.21. The highest BCUT2D eigenvalue weighted by Crippen LogP contribution is 2.33.